The Kier molecular flexibility index (Phi) is 5.62. The summed E-state index contributed by atoms with van der Waals surface area (Å²) in [5.74, 6) is 0. The zero-order valence-electron chi connectivity index (χ0n) is 10.7. The molecule has 1 heterocycles. The van der Waals surface area contributed by atoms with Crippen LogP contribution in [0.5, 0.6) is 0 Å². The van der Waals surface area contributed by atoms with Crippen molar-refractivity contribution in [2.45, 2.75) is 70.9 Å². The summed E-state index contributed by atoms with van der Waals surface area (Å²) in [6.07, 6.45) is 7.91. The Labute approximate surface area is 95.2 Å². The standard InChI is InChI=1S/C13H28N2/c1-4-6-8-12(3)14-11-13(5-2)9-7-10-15-13/h12,14-15H,4-11H2,1-3H3. The second-order valence-corrected chi connectivity index (χ2v) is 5.09. The molecule has 2 atom stereocenters. The van der Waals surface area contributed by atoms with Crippen molar-refractivity contribution in [1.29, 1.82) is 0 Å². The molecule has 0 aromatic rings. The minimum absolute atomic E-state index is 0.403. The van der Waals surface area contributed by atoms with Crippen molar-refractivity contribution >= 4 is 0 Å². The largest absolute Gasteiger partial charge is 0.312 e. The summed E-state index contributed by atoms with van der Waals surface area (Å²) in [6, 6.07) is 0.677. The first-order valence-electron chi connectivity index (χ1n) is 6.71. The van der Waals surface area contributed by atoms with Crippen molar-refractivity contribution in [2.75, 3.05) is 13.1 Å². The molecule has 2 N–H and O–H groups in total. The van der Waals surface area contributed by atoms with Gasteiger partial charge in [-0.25, -0.2) is 0 Å². The van der Waals surface area contributed by atoms with E-state index in [4.69, 9.17) is 0 Å². The lowest BCUT2D eigenvalue weighted by Gasteiger charge is -2.30. The van der Waals surface area contributed by atoms with E-state index < -0.39 is 0 Å². The third-order valence-electron chi connectivity index (χ3n) is 3.79. The maximum absolute atomic E-state index is 3.69. The van der Waals surface area contributed by atoms with E-state index in [1.807, 2.05) is 0 Å². The number of nitrogens with one attached hydrogen (secondary N) is 2. The molecule has 1 saturated heterocycles. The Morgan fingerprint density at radius 2 is 2.20 bits per heavy atom. The van der Waals surface area contributed by atoms with Crippen molar-refractivity contribution in [3.05, 3.63) is 0 Å². The van der Waals surface area contributed by atoms with Gasteiger partial charge in [0.1, 0.15) is 0 Å². The summed E-state index contributed by atoms with van der Waals surface area (Å²) in [4.78, 5) is 0. The highest BCUT2D eigenvalue weighted by Gasteiger charge is 2.31. The molecule has 1 aliphatic rings. The lowest BCUT2D eigenvalue weighted by molar-refractivity contribution is 0.320. The molecule has 1 fully saturated rings. The Balaban J connectivity index is 2.21. The molecular weight excluding hydrogens is 184 g/mol. The molecular formula is C13H28N2. The van der Waals surface area contributed by atoms with Crippen LogP contribution in [0.1, 0.15) is 59.3 Å². The molecule has 15 heavy (non-hydrogen) atoms. The van der Waals surface area contributed by atoms with Crippen LogP contribution in [0.2, 0.25) is 0 Å². The molecule has 1 rings (SSSR count). The van der Waals surface area contributed by atoms with Crippen LogP contribution in [0.25, 0.3) is 0 Å². The molecule has 0 spiro atoms. The second-order valence-electron chi connectivity index (χ2n) is 5.09. The van der Waals surface area contributed by atoms with Crippen molar-refractivity contribution < 1.29 is 0 Å². The van der Waals surface area contributed by atoms with Crippen molar-refractivity contribution in [1.82, 2.24) is 10.6 Å². The molecule has 0 aromatic carbocycles. The van der Waals surface area contributed by atoms with Crippen LogP contribution < -0.4 is 10.6 Å². The maximum Gasteiger partial charge on any atom is 0.0304 e. The highest BCUT2D eigenvalue weighted by molar-refractivity contribution is 4.94. The molecule has 0 saturated carbocycles. The summed E-state index contributed by atoms with van der Waals surface area (Å²) in [5, 5.41) is 7.36. The van der Waals surface area contributed by atoms with Gasteiger partial charge in [-0.3, -0.25) is 0 Å². The van der Waals surface area contributed by atoms with Gasteiger partial charge in [-0.05, 0) is 39.2 Å². The van der Waals surface area contributed by atoms with Crippen LogP contribution in [0.3, 0.4) is 0 Å². The van der Waals surface area contributed by atoms with E-state index in [0.717, 1.165) is 6.54 Å². The fraction of sp³-hybridized carbons (Fsp3) is 1.00. The molecule has 2 unspecified atom stereocenters. The Morgan fingerprint density at radius 3 is 2.73 bits per heavy atom. The van der Waals surface area contributed by atoms with Gasteiger partial charge in [0.2, 0.25) is 0 Å². The molecule has 0 aromatic heterocycles. The quantitative estimate of drug-likeness (QED) is 0.678. The summed E-state index contributed by atoms with van der Waals surface area (Å²) in [5.41, 5.74) is 0.403. The lowest BCUT2D eigenvalue weighted by atomic mass is 9.93. The van der Waals surface area contributed by atoms with Crippen LogP contribution in [-0.2, 0) is 0 Å². The second kappa shape index (κ2) is 6.49. The van der Waals surface area contributed by atoms with Gasteiger partial charge in [-0.2, -0.15) is 0 Å². The van der Waals surface area contributed by atoms with E-state index >= 15 is 0 Å². The SMILES string of the molecule is CCCCC(C)NCC1(CC)CCCN1. The summed E-state index contributed by atoms with van der Waals surface area (Å²) < 4.78 is 0. The van der Waals surface area contributed by atoms with Crippen molar-refractivity contribution in [3.63, 3.8) is 0 Å². The number of rotatable bonds is 7. The monoisotopic (exact) mass is 212 g/mol. The Bertz CT molecular complexity index is 162. The van der Waals surface area contributed by atoms with E-state index in [9.17, 15) is 0 Å². The number of hydrogen-bond donors (Lipinski definition) is 2. The van der Waals surface area contributed by atoms with Crippen LogP contribution >= 0.6 is 0 Å². The van der Waals surface area contributed by atoms with Gasteiger partial charge in [-0.15, -0.1) is 0 Å². The van der Waals surface area contributed by atoms with Crippen molar-refractivity contribution in [2.24, 2.45) is 0 Å². The maximum atomic E-state index is 3.69. The van der Waals surface area contributed by atoms with Gasteiger partial charge >= 0.3 is 0 Å². The molecule has 0 aliphatic carbocycles. The fourth-order valence-electron chi connectivity index (χ4n) is 2.43. The predicted molar refractivity (Wildman–Crippen MR) is 67.2 cm³/mol. The molecule has 2 nitrogen and oxygen atoms in total. The average Bonchev–Trinajstić information content (AvgIpc) is 2.73. The van der Waals surface area contributed by atoms with Gasteiger partial charge in [-0.1, -0.05) is 26.7 Å². The van der Waals surface area contributed by atoms with E-state index in [0.29, 0.717) is 11.6 Å². The molecule has 2 heteroatoms. The van der Waals surface area contributed by atoms with Crippen LogP contribution in [0.15, 0.2) is 0 Å². The first-order chi connectivity index (χ1) is 7.22. The highest BCUT2D eigenvalue weighted by Crippen LogP contribution is 2.22. The minimum atomic E-state index is 0.403. The zero-order valence-corrected chi connectivity index (χ0v) is 10.7. The van der Waals surface area contributed by atoms with Crippen LogP contribution in [0, 0.1) is 0 Å². The van der Waals surface area contributed by atoms with E-state index in [1.165, 1.54) is 45.1 Å². The average molecular weight is 212 g/mol. The first kappa shape index (κ1) is 13.0. The van der Waals surface area contributed by atoms with Gasteiger partial charge < -0.3 is 10.6 Å². The fourth-order valence-corrected chi connectivity index (χ4v) is 2.43. The minimum Gasteiger partial charge on any atom is -0.312 e. The normalized spacial score (nSPS) is 28.2. The Morgan fingerprint density at radius 1 is 1.40 bits per heavy atom. The van der Waals surface area contributed by atoms with Gasteiger partial charge in [0.25, 0.3) is 0 Å². The molecule has 1 aliphatic heterocycles. The van der Waals surface area contributed by atoms with Gasteiger partial charge in [0.15, 0.2) is 0 Å². The van der Waals surface area contributed by atoms with E-state index in [-0.39, 0.29) is 0 Å². The Hall–Kier alpha value is -0.0800. The third kappa shape index (κ3) is 4.12. The molecule has 0 amide bonds. The molecule has 0 bridgehead atoms. The summed E-state index contributed by atoms with van der Waals surface area (Å²) >= 11 is 0. The van der Waals surface area contributed by atoms with Crippen LogP contribution in [0.4, 0.5) is 0 Å². The molecule has 90 valence electrons. The summed E-state index contributed by atoms with van der Waals surface area (Å²) in [7, 11) is 0. The van der Waals surface area contributed by atoms with Crippen molar-refractivity contribution in [3.8, 4) is 0 Å². The summed E-state index contributed by atoms with van der Waals surface area (Å²) in [6.45, 7) is 9.23. The van der Waals surface area contributed by atoms with Gasteiger partial charge in [0, 0.05) is 18.1 Å². The van der Waals surface area contributed by atoms with Crippen LogP contribution in [-0.4, -0.2) is 24.7 Å². The van der Waals surface area contributed by atoms with E-state index in [2.05, 4.69) is 31.4 Å². The topological polar surface area (TPSA) is 24.1 Å². The molecule has 0 radical (unpaired) electrons. The number of unbranched alkanes of at least 4 members (excludes halogenated alkanes) is 1. The third-order valence-corrected chi connectivity index (χ3v) is 3.79. The smallest absolute Gasteiger partial charge is 0.0304 e. The lowest BCUT2D eigenvalue weighted by Crippen LogP contribution is -2.49. The first-order valence-corrected chi connectivity index (χ1v) is 6.71. The zero-order chi connectivity index (χ0) is 11.1. The highest BCUT2D eigenvalue weighted by atomic mass is 15.1. The van der Waals surface area contributed by atoms with E-state index in [1.54, 1.807) is 0 Å². The van der Waals surface area contributed by atoms with Gasteiger partial charge in [0.05, 0.1) is 0 Å². The predicted octanol–water partition coefficient (Wildman–Crippen LogP) is 2.69. The number of hydrogen-bond acceptors (Lipinski definition) is 2.